The van der Waals surface area contributed by atoms with Crippen LogP contribution in [0.3, 0.4) is 0 Å². The summed E-state index contributed by atoms with van der Waals surface area (Å²) in [7, 11) is -1.41. The molecule has 0 spiro atoms. The molecule has 0 saturated heterocycles. The molecule has 0 radical (unpaired) electrons. The van der Waals surface area contributed by atoms with E-state index in [-0.39, 0.29) is 0 Å². The van der Waals surface area contributed by atoms with Gasteiger partial charge in [0.05, 0.1) is 6.10 Å². The fourth-order valence-corrected chi connectivity index (χ4v) is 4.22. The van der Waals surface area contributed by atoms with Crippen LogP contribution in [0.15, 0.2) is 12.2 Å². The van der Waals surface area contributed by atoms with Gasteiger partial charge < -0.3 is 4.43 Å². The molecule has 0 aromatic heterocycles. The minimum absolute atomic E-state index is 0.301. The molecule has 0 aliphatic heterocycles. The van der Waals surface area contributed by atoms with Crippen molar-refractivity contribution in [3.63, 3.8) is 0 Å². The third-order valence-corrected chi connectivity index (χ3v) is 5.34. The Morgan fingerprint density at radius 2 is 1.75 bits per heavy atom. The first-order chi connectivity index (χ1) is 7.52. The van der Waals surface area contributed by atoms with Crippen molar-refractivity contribution in [2.24, 2.45) is 0 Å². The Bertz CT molecular complexity index is 187. The van der Waals surface area contributed by atoms with E-state index in [0.717, 1.165) is 0 Å². The summed E-state index contributed by atoms with van der Waals surface area (Å²) < 4.78 is 6.17. The highest BCUT2D eigenvalue weighted by Gasteiger charge is 2.23. The molecule has 1 unspecified atom stereocenters. The molecule has 0 saturated carbocycles. The predicted molar refractivity (Wildman–Crippen MR) is 76.4 cm³/mol. The molecule has 0 amide bonds. The molecule has 1 nitrogen and oxygen atoms in total. The fourth-order valence-electron chi connectivity index (χ4n) is 1.81. The van der Waals surface area contributed by atoms with Gasteiger partial charge in [0.2, 0.25) is 0 Å². The summed E-state index contributed by atoms with van der Waals surface area (Å²) in [6, 6.07) is 1.29. The van der Waals surface area contributed by atoms with Gasteiger partial charge in [0.15, 0.2) is 8.32 Å². The first-order valence-corrected chi connectivity index (χ1v) is 9.98. The number of rotatable bonds is 9. The van der Waals surface area contributed by atoms with E-state index in [0.29, 0.717) is 6.10 Å². The van der Waals surface area contributed by atoms with Crippen molar-refractivity contribution in [1.29, 1.82) is 0 Å². The van der Waals surface area contributed by atoms with Gasteiger partial charge in [-0.25, -0.2) is 0 Å². The molecule has 0 aromatic carbocycles. The Balaban J connectivity index is 3.83. The molecule has 0 rings (SSSR count). The minimum Gasteiger partial charge on any atom is -0.411 e. The van der Waals surface area contributed by atoms with E-state index in [1.165, 1.54) is 38.1 Å². The summed E-state index contributed by atoms with van der Waals surface area (Å²) in [4.78, 5) is 0. The Morgan fingerprint density at radius 3 is 2.31 bits per heavy atom. The van der Waals surface area contributed by atoms with E-state index in [1.54, 1.807) is 0 Å². The Hall–Kier alpha value is -0.0831. The van der Waals surface area contributed by atoms with Crippen molar-refractivity contribution in [2.75, 3.05) is 0 Å². The highest BCUT2D eigenvalue weighted by molar-refractivity contribution is 6.71. The molecular formula is C14H30OSi. The Morgan fingerprint density at radius 1 is 1.12 bits per heavy atom. The molecule has 0 N–H and O–H groups in total. The van der Waals surface area contributed by atoms with Crippen LogP contribution in [0, 0.1) is 0 Å². The van der Waals surface area contributed by atoms with E-state index in [2.05, 4.69) is 46.0 Å². The van der Waals surface area contributed by atoms with Crippen LogP contribution >= 0.6 is 0 Å². The van der Waals surface area contributed by atoms with Gasteiger partial charge in [-0.15, -0.1) is 0 Å². The molecule has 1 atom stereocenters. The fraction of sp³-hybridized carbons (Fsp3) is 0.857. The van der Waals surface area contributed by atoms with Crippen molar-refractivity contribution in [1.82, 2.24) is 0 Å². The number of allylic oxidation sites excluding steroid dienone is 1. The van der Waals surface area contributed by atoms with Gasteiger partial charge in [0.1, 0.15) is 0 Å². The molecule has 96 valence electrons. The van der Waals surface area contributed by atoms with Crippen molar-refractivity contribution in [3.8, 4) is 0 Å². The quantitative estimate of drug-likeness (QED) is 0.309. The monoisotopic (exact) mass is 242 g/mol. The lowest BCUT2D eigenvalue weighted by molar-refractivity contribution is 0.257. The maximum Gasteiger partial charge on any atom is 0.187 e. The van der Waals surface area contributed by atoms with E-state index >= 15 is 0 Å². The maximum absolute atomic E-state index is 6.17. The molecular weight excluding hydrogens is 212 g/mol. The zero-order valence-corrected chi connectivity index (χ0v) is 12.9. The van der Waals surface area contributed by atoms with Crippen LogP contribution in [-0.4, -0.2) is 14.4 Å². The van der Waals surface area contributed by atoms with Crippen LogP contribution in [0.1, 0.15) is 52.9 Å². The van der Waals surface area contributed by atoms with E-state index in [4.69, 9.17) is 4.43 Å². The molecule has 0 heterocycles. The predicted octanol–water partition coefficient (Wildman–Crippen LogP) is 5.14. The molecule has 0 aromatic rings. The third kappa shape index (κ3) is 9.17. The topological polar surface area (TPSA) is 9.23 Å². The largest absolute Gasteiger partial charge is 0.411 e. The van der Waals surface area contributed by atoms with Crippen LogP contribution in [0.4, 0.5) is 0 Å². The first-order valence-electron chi connectivity index (χ1n) is 6.86. The zero-order valence-electron chi connectivity index (χ0n) is 11.9. The van der Waals surface area contributed by atoms with Gasteiger partial charge in [-0.05, 0) is 32.5 Å². The van der Waals surface area contributed by atoms with Gasteiger partial charge >= 0.3 is 0 Å². The second-order valence-corrected chi connectivity index (χ2v) is 9.51. The lowest BCUT2D eigenvalue weighted by Crippen LogP contribution is -2.33. The molecule has 0 bridgehead atoms. The van der Waals surface area contributed by atoms with Gasteiger partial charge in [0.25, 0.3) is 0 Å². The highest BCUT2D eigenvalue weighted by atomic mass is 28.4. The van der Waals surface area contributed by atoms with Gasteiger partial charge in [0, 0.05) is 0 Å². The lowest BCUT2D eigenvalue weighted by Gasteiger charge is -2.25. The lowest BCUT2D eigenvalue weighted by atomic mass is 10.2. The van der Waals surface area contributed by atoms with Crippen LogP contribution in [0.25, 0.3) is 0 Å². The molecule has 0 aliphatic rings. The van der Waals surface area contributed by atoms with Crippen molar-refractivity contribution in [2.45, 2.75) is 78.1 Å². The Kier molecular flexibility index (Phi) is 8.95. The highest BCUT2D eigenvalue weighted by Crippen LogP contribution is 2.17. The smallest absolute Gasteiger partial charge is 0.187 e. The van der Waals surface area contributed by atoms with Crippen molar-refractivity contribution < 1.29 is 4.43 Å². The standard InChI is InChI=1S/C14H30OSi/c1-6-8-10-11-12-14(3)15-16(4,5)13-9-7-2/h11-12,14H,6-10,13H2,1-5H3/b12-11+. The molecule has 0 aliphatic carbocycles. The SMILES string of the molecule is CCCC/C=C/C(C)O[Si](C)(C)CCCC. The molecule has 0 fully saturated rings. The van der Waals surface area contributed by atoms with Crippen molar-refractivity contribution in [3.05, 3.63) is 12.2 Å². The second-order valence-electron chi connectivity index (χ2n) is 5.26. The van der Waals surface area contributed by atoms with E-state index in [9.17, 15) is 0 Å². The second kappa shape index (κ2) is 9.00. The van der Waals surface area contributed by atoms with Gasteiger partial charge in [-0.1, -0.05) is 51.7 Å². The van der Waals surface area contributed by atoms with Crippen LogP contribution in [0.5, 0.6) is 0 Å². The molecule has 16 heavy (non-hydrogen) atoms. The van der Waals surface area contributed by atoms with Crippen LogP contribution in [0.2, 0.25) is 19.1 Å². The Labute approximate surface area is 103 Å². The summed E-state index contributed by atoms with van der Waals surface area (Å²) in [5, 5.41) is 0. The number of hydrogen-bond donors (Lipinski definition) is 0. The average molecular weight is 242 g/mol. The first kappa shape index (κ1) is 15.9. The third-order valence-electron chi connectivity index (χ3n) is 2.77. The van der Waals surface area contributed by atoms with Gasteiger partial charge in [-0.3, -0.25) is 0 Å². The van der Waals surface area contributed by atoms with Crippen LogP contribution < -0.4 is 0 Å². The summed E-state index contributed by atoms with van der Waals surface area (Å²) >= 11 is 0. The van der Waals surface area contributed by atoms with E-state index in [1.807, 2.05) is 0 Å². The zero-order chi connectivity index (χ0) is 12.4. The maximum atomic E-state index is 6.17. The summed E-state index contributed by atoms with van der Waals surface area (Å²) in [5.41, 5.74) is 0. The van der Waals surface area contributed by atoms with Crippen LogP contribution in [-0.2, 0) is 4.43 Å². The van der Waals surface area contributed by atoms with Gasteiger partial charge in [-0.2, -0.15) is 0 Å². The number of hydrogen-bond acceptors (Lipinski definition) is 1. The minimum atomic E-state index is -1.41. The van der Waals surface area contributed by atoms with Crippen molar-refractivity contribution >= 4 is 8.32 Å². The average Bonchev–Trinajstić information content (AvgIpc) is 2.21. The number of unbranched alkanes of at least 4 members (excludes halogenated alkanes) is 3. The summed E-state index contributed by atoms with van der Waals surface area (Å²) in [6.07, 6.45) is 11.2. The van der Waals surface area contributed by atoms with E-state index < -0.39 is 8.32 Å². The molecule has 2 heteroatoms. The summed E-state index contributed by atoms with van der Waals surface area (Å²) in [6.45, 7) is 11.3. The normalized spacial score (nSPS) is 14.6. The summed E-state index contributed by atoms with van der Waals surface area (Å²) in [5.74, 6) is 0.